The van der Waals surface area contributed by atoms with E-state index in [-0.39, 0.29) is 18.1 Å². The number of aryl methyl sites for hydroxylation is 1. The number of rotatable bonds is 6. The van der Waals surface area contributed by atoms with Gasteiger partial charge in [-0.2, -0.15) is 5.10 Å². The maximum absolute atomic E-state index is 10.3. The van der Waals surface area contributed by atoms with Crippen molar-refractivity contribution >= 4 is 0 Å². The van der Waals surface area contributed by atoms with Crippen LogP contribution in [0.1, 0.15) is 38.7 Å². The minimum atomic E-state index is -0.387. The molecule has 114 valence electrons. The molecule has 1 saturated heterocycles. The van der Waals surface area contributed by atoms with Crippen LogP contribution in [-0.4, -0.2) is 50.7 Å². The first-order chi connectivity index (χ1) is 9.63. The molecule has 1 aliphatic rings. The lowest BCUT2D eigenvalue weighted by atomic mass is 9.74. The summed E-state index contributed by atoms with van der Waals surface area (Å²) in [5, 5.41) is 24.3. The van der Waals surface area contributed by atoms with Crippen LogP contribution in [0.3, 0.4) is 0 Å². The van der Waals surface area contributed by atoms with Crippen LogP contribution in [0.4, 0.5) is 0 Å². The highest BCUT2D eigenvalue weighted by Gasteiger charge is 2.41. The standard InChI is InChI=1S/C15H27N3O2/c1-3-6-15(12-19)11-17(7-5-14(15)20)9-13-8-16-18(4-2)10-13/h8,10,14,19-20H,3-7,9,11-12H2,1-2H3/t14-,15-/m0/s1. The van der Waals surface area contributed by atoms with Crippen LogP contribution < -0.4 is 0 Å². The summed E-state index contributed by atoms with van der Waals surface area (Å²) >= 11 is 0. The Morgan fingerprint density at radius 1 is 1.45 bits per heavy atom. The Hall–Kier alpha value is -0.910. The lowest BCUT2D eigenvalue weighted by molar-refractivity contribution is -0.0819. The van der Waals surface area contributed by atoms with Gasteiger partial charge in [0.15, 0.2) is 0 Å². The van der Waals surface area contributed by atoms with Gasteiger partial charge in [-0.25, -0.2) is 0 Å². The van der Waals surface area contributed by atoms with Gasteiger partial charge in [0.1, 0.15) is 0 Å². The Morgan fingerprint density at radius 3 is 2.85 bits per heavy atom. The van der Waals surface area contributed by atoms with Gasteiger partial charge in [-0.3, -0.25) is 9.58 Å². The van der Waals surface area contributed by atoms with E-state index in [4.69, 9.17) is 0 Å². The summed E-state index contributed by atoms with van der Waals surface area (Å²) in [6.07, 6.45) is 6.19. The zero-order chi connectivity index (χ0) is 14.6. The molecule has 0 aliphatic carbocycles. The van der Waals surface area contributed by atoms with E-state index in [1.54, 1.807) is 0 Å². The van der Waals surface area contributed by atoms with Crippen molar-refractivity contribution in [1.82, 2.24) is 14.7 Å². The van der Waals surface area contributed by atoms with Crippen LogP contribution in [0, 0.1) is 5.41 Å². The van der Waals surface area contributed by atoms with E-state index < -0.39 is 0 Å². The SMILES string of the molecule is CCC[C@@]1(CO)CN(Cc2cnn(CC)c2)CC[C@@H]1O. The molecular weight excluding hydrogens is 254 g/mol. The van der Waals surface area contributed by atoms with Crippen molar-refractivity contribution < 1.29 is 10.2 Å². The summed E-state index contributed by atoms with van der Waals surface area (Å²) in [6.45, 7) is 7.61. The van der Waals surface area contributed by atoms with Crippen molar-refractivity contribution in [3.63, 3.8) is 0 Å². The van der Waals surface area contributed by atoms with Crippen LogP contribution in [0.2, 0.25) is 0 Å². The topological polar surface area (TPSA) is 61.5 Å². The van der Waals surface area contributed by atoms with Crippen LogP contribution in [0.5, 0.6) is 0 Å². The van der Waals surface area contributed by atoms with Crippen molar-refractivity contribution in [2.45, 2.75) is 52.3 Å². The molecule has 0 spiro atoms. The van der Waals surface area contributed by atoms with Gasteiger partial charge in [-0.15, -0.1) is 0 Å². The number of aromatic nitrogens is 2. The van der Waals surface area contributed by atoms with E-state index in [0.29, 0.717) is 0 Å². The summed E-state index contributed by atoms with van der Waals surface area (Å²) < 4.78 is 1.93. The van der Waals surface area contributed by atoms with Crippen LogP contribution >= 0.6 is 0 Å². The summed E-state index contributed by atoms with van der Waals surface area (Å²) in [4.78, 5) is 2.33. The minimum absolute atomic E-state index is 0.0622. The van der Waals surface area contributed by atoms with E-state index in [9.17, 15) is 10.2 Å². The molecule has 0 aromatic carbocycles. The number of likely N-dealkylation sites (tertiary alicyclic amines) is 1. The fraction of sp³-hybridized carbons (Fsp3) is 0.800. The number of aliphatic hydroxyl groups is 2. The molecule has 1 aromatic rings. The molecular formula is C15H27N3O2. The summed E-state index contributed by atoms with van der Waals surface area (Å²) in [7, 11) is 0. The quantitative estimate of drug-likeness (QED) is 0.824. The third-order valence-corrected chi connectivity index (χ3v) is 4.44. The first kappa shape index (κ1) is 15.5. The third-order valence-electron chi connectivity index (χ3n) is 4.44. The van der Waals surface area contributed by atoms with Gasteiger partial charge in [0.05, 0.1) is 18.9 Å². The zero-order valence-electron chi connectivity index (χ0n) is 12.6. The van der Waals surface area contributed by atoms with Gasteiger partial charge in [-0.1, -0.05) is 13.3 Å². The highest BCUT2D eigenvalue weighted by atomic mass is 16.3. The van der Waals surface area contributed by atoms with Crippen molar-refractivity contribution in [2.24, 2.45) is 5.41 Å². The Morgan fingerprint density at radius 2 is 2.25 bits per heavy atom. The van der Waals surface area contributed by atoms with Crippen molar-refractivity contribution in [1.29, 1.82) is 0 Å². The minimum Gasteiger partial charge on any atom is -0.396 e. The first-order valence-corrected chi connectivity index (χ1v) is 7.66. The van der Waals surface area contributed by atoms with E-state index in [2.05, 4.69) is 30.0 Å². The summed E-state index contributed by atoms with van der Waals surface area (Å²) in [5.74, 6) is 0. The Balaban J connectivity index is 2.02. The van der Waals surface area contributed by atoms with E-state index >= 15 is 0 Å². The molecule has 5 heteroatoms. The molecule has 0 radical (unpaired) electrons. The predicted octanol–water partition coefficient (Wildman–Crippen LogP) is 1.25. The van der Waals surface area contributed by atoms with Gasteiger partial charge in [0.2, 0.25) is 0 Å². The number of aliphatic hydroxyl groups excluding tert-OH is 2. The molecule has 20 heavy (non-hydrogen) atoms. The van der Waals surface area contributed by atoms with E-state index in [1.807, 2.05) is 10.9 Å². The van der Waals surface area contributed by atoms with Gasteiger partial charge in [0, 0.05) is 43.4 Å². The second-order valence-electron chi connectivity index (χ2n) is 5.99. The Labute approximate surface area is 121 Å². The Kier molecular flexibility index (Phi) is 5.18. The second-order valence-corrected chi connectivity index (χ2v) is 5.99. The maximum Gasteiger partial charge on any atom is 0.0642 e. The first-order valence-electron chi connectivity index (χ1n) is 7.66. The molecule has 2 heterocycles. The molecule has 2 N–H and O–H groups in total. The normalized spacial score (nSPS) is 27.9. The molecule has 1 aromatic heterocycles. The molecule has 5 nitrogen and oxygen atoms in total. The van der Waals surface area contributed by atoms with Crippen molar-refractivity contribution in [3.05, 3.63) is 18.0 Å². The second kappa shape index (κ2) is 6.70. The average molecular weight is 281 g/mol. The van der Waals surface area contributed by atoms with Gasteiger partial charge in [0.25, 0.3) is 0 Å². The zero-order valence-corrected chi connectivity index (χ0v) is 12.6. The number of nitrogens with zero attached hydrogens (tertiary/aromatic N) is 3. The van der Waals surface area contributed by atoms with Crippen molar-refractivity contribution in [2.75, 3.05) is 19.7 Å². The largest absolute Gasteiger partial charge is 0.396 e. The number of piperidine rings is 1. The van der Waals surface area contributed by atoms with Gasteiger partial charge in [-0.05, 0) is 19.8 Å². The monoisotopic (exact) mass is 281 g/mol. The molecule has 2 atom stereocenters. The van der Waals surface area contributed by atoms with Crippen LogP contribution in [0.25, 0.3) is 0 Å². The third kappa shape index (κ3) is 3.22. The Bertz CT molecular complexity index is 421. The molecule has 1 aliphatic heterocycles. The van der Waals surface area contributed by atoms with Crippen molar-refractivity contribution in [3.8, 4) is 0 Å². The highest BCUT2D eigenvalue weighted by Crippen LogP contribution is 2.35. The van der Waals surface area contributed by atoms with Crippen LogP contribution in [-0.2, 0) is 13.1 Å². The van der Waals surface area contributed by atoms with Gasteiger partial charge >= 0.3 is 0 Å². The molecule has 0 bridgehead atoms. The molecule has 0 amide bonds. The highest BCUT2D eigenvalue weighted by molar-refractivity contribution is 5.05. The fourth-order valence-corrected chi connectivity index (χ4v) is 3.27. The van der Waals surface area contributed by atoms with Crippen LogP contribution in [0.15, 0.2) is 12.4 Å². The lowest BCUT2D eigenvalue weighted by Gasteiger charge is -2.45. The van der Waals surface area contributed by atoms with E-state index in [1.165, 1.54) is 5.56 Å². The number of hydrogen-bond acceptors (Lipinski definition) is 4. The molecule has 2 rings (SSSR count). The molecule has 0 unspecified atom stereocenters. The van der Waals surface area contributed by atoms with Gasteiger partial charge < -0.3 is 10.2 Å². The molecule has 1 fully saturated rings. The predicted molar refractivity (Wildman–Crippen MR) is 78.2 cm³/mol. The summed E-state index contributed by atoms with van der Waals surface area (Å²) in [5.41, 5.74) is 0.847. The smallest absolute Gasteiger partial charge is 0.0642 e. The molecule has 0 saturated carbocycles. The number of hydrogen-bond donors (Lipinski definition) is 2. The summed E-state index contributed by atoms with van der Waals surface area (Å²) in [6, 6.07) is 0. The maximum atomic E-state index is 10.3. The lowest BCUT2D eigenvalue weighted by Crippen LogP contribution is -2.53. The van der Waals surface area contributed by atoms with E-state index in [0.717, 1.165) is 45.4 Å². The average Bonchev–Trinajstić information content (AvgIpc) is 2.90. The fourth-order valence-electron chi connectivity index (χ4n) is 3.27.